The topological polar surface area (TPSA) is 65.2 Å². The van der Waals surface area contributed by atoms with Gasteiger partial charge in [0, 0.05) is 23.6 Å². The summed E-state index contributed by atoms with van der Waals surface area (Å²) in [5, 5.41) is 21.0. The Hall–Kier alpha value is -3.40. The molecule has 0 fully saturated rings. The van der Waals surface area contributed by atoms with Crippen molar-refractivity contribution in [3.8, 4) is 11.5 Å². The quantitative estimate of drug-likeness (QED) is 0.284. The van der Waals surface area contributed by atoms with E-state index in [1.807, 2.05) is 50.2 Å². The SMILES string of the molecule is Cc1cc(CCC(C)C)cc(C=Nc2ccc(N=Cc3cc(CCC(C)C)cc(C)c3O)cc2)c1O. The van der Waals surface area contributed by atoms with Crippen LogP contribution in [0.3, 0.4) is 0 Å². The van der Waals surface area contributed by atoms with E-state index in [2.05, 4.69) is 49.8 Å². The van der Waals surface area contributed by atoms with Gasteiger partial charge in [-0.2, -0.15) is 0 Å². The predicted octanol–water partition coefficient (Wildman–Crippen LogP) is 8.39. The van der Waals surface area contributed by atoms with Crippen molar-refractivity contribution in [3.05, 3.63) is 81.9 Å². The third kappa shape index (κ3) is 7.81. The standard InChI is InChI=1S/C32H40N2O2/c1-21(2)7-9-25-15-23(5)31(35)27(17-25)19-33-29-11-13-30(14-12-29)34-20-28-18-26(10-8-22(3)4)16-24(6)32(28)36/h11-22,35-36H,7-10H2,1-6H3. The Morgan fingerprint density at radius 1 is 0.639 bits per heavy atom. The van der Waals surface area contributed by atoms with Crippen LogP contribution >= 0.6 is 0 Å². The molecule has 36 heavy (non-hydrogen) atoms. The number of rotatable bonds is 10. The van der Waals surface area contributed by atoms with Crippen molar-refractivity contribution in [2.45, 2.75) is 67.2 Å². The maximum atomic E-state index is 10.5. The first-order valence-electron chi connectivity index (χ1n) is 13.0. The number of nitrogens with zero attached hydrogens (tertiary/aromatic N) is 2. The number of hydrogen-bond acceptors (Lipinski definition) is 4. The summed E-state index contributed by atoms with van der Waals surface area (Å²) in [7, 11) is 0. The fourth-order valence-electron chi connectivity index (χ4n) is 4.08. The van der Waals surface area contributed by atoms with Crippen molar-refractivity contribution < 1.29 is 10.2 Å². The smallest absolute Gasteiger partial charge is 0.127 e. The highest BCUT2D eigenvalue weighted by atomic mass is 16.3. The van der Waals surface area contributed by atoms with E-state index in [9.17, 15) is 10.2 Å². The molecular weight excluding hydrogens is 444 g/mol. The zero-order valence-electron chi connectivity index (χ0n) is 22.5. The largest absolute Gasteiger partial charge is 0.507 e. The first kappa shape index (κ1) is 27.2. The number of phenols is 2. The van der Waals surface area contributed by atoms with E-state index in [4.69, 9.17) is 0 Å². The molecule has 4 heteroatoms. The number of phenolic OH excluding ortho intramolecular Hbond substituents is 2. The molecule has 0 aromatic heterocycles. The zero-order chi connectivity index (χ0) is 26.2. The summed E-state index contributed by atoms with van der Waals surface area (Å²) < 4.78 is 0. The van der Waals surface area contributed by atoms with Gasteiger partial charge in [0.2, 0.25) is 0 Å². The van der Waals surface area contributed by atoms with Crippen LogP contribution in [0.15, 0.2) is 58.5 Å². The van der Waals surface area contributed by atoms with Crippen molar-refractivity contribution in [1.82, 2.24) is 0 Å². The van der Waals surface area contributed by atoms with Gasteiger partial charge in [0.05, 0.1) is 11.4 Å². The number of benzene rings is 3. The van der Waals surface area contributed by atoms with Crippen LogP contribution in [0.5, 0.6) is 11.5 Å². The van der Waals surface area contributed by atoms with E-state index in [-0.39, 0.29) is 11.5 Å². The molecule has 3 aromatic carbocycles. The van der Waals surface area contributed by atoms with E-state index in [1.165, 1.54) is 11.1 Å². The molecule has 190 valence electrons. The number of hydrogen-bond donors (Lipinski definition) is 2. The van der Waals surface area contributed by atoms with Crippen molar-refractivity contribution in [3.63, 3.8) is 0 Å². The van der Waals surface area contributed by atoms with Crippen molar-refractivity contribution >= 4 is 23.8 Å². The summed E-state index contributed by atoms with van der Waals surface area (Å²) in [5.41, 5.74) is 7.22. The van der Waals surface area contributed by atoms with E-state index in [0.717, 1.165) is 59.3 Å². The molecule has 0 radical (unpaired) electrons. The first-order valence-corrected chi connectivity index (χ1v) is 13.0. The minimum atomic E-state index is 0.277. The van der Waals surface area contributed by atoms with Gasteiger partial charge in [-0.05, 0) is 110 Å². The molecule has 0 saturated heterocycles. The van der Waals surface area contributed by atoms with Crippen LogP contribution in [0.25, 0.3) is 0 Å². The van der Waals surface area contributed by atoms with Crippen LogP contribution < -0.4 is 0 Å². The molecule has 0 aliphatic rings. The molecule has 0 amide bonds. The lowest BCUT2D eigenvalue weighted by Crippen LogP contribution is -1.95. The Labute approximate surface area is 216 Å². The number of aromatic hydroxyl groups is 2. The highest BCUT2D eigenvalue weighted by Gasteiger charge is 2.08. The Balaban J connectivity index is 1.73. The Bertz CT molecular complexity index is 1130. The van der Waals surface area contributed by atoms with Crippen molar-refractivity contribution in [1.29, 1.82) is 0 Å². The first-order chi connectivity index (χ1) is 17.1. The molecule has 0 saturated carbocycles. The average Bonchev–Trinajstić information content (AvgIpc) is 2.84. The lowest BCUT2D eigenvalue weighted by atomic mass is 9.98. The fraction of sp³-hybridized carbons (Fsp3) is 0.375. The van der Waals surface area contributed by atoms with Crippen LogP contribution in [0.2, 0.25) is 0 Å². The molecule has 3 rings (SSSR count). The van der Waals surface area contributed by atoms with E-state index >= 15 is 0 Å². The van der Waals surface area contributed by atoms with Crippen LogP contribution in [-0.2, 0) is 12.8 Å². The molecule has 4 nitrogen and oxygen atoms in total. The summed E-state index contributed by atoms with van der Waals surface area (Å²) in [6.45, 7) is 12.7. The Kier molecular flexibility index (Phi) is 9.46. The van der Waals surface area contributed by atoms with E-state index < -0.39 is 0 Å². The summed E-state index contributed by atoms with van der Waals surface area (Å²) in [6.07, 6.45) is 7.65. The van der Waals surface area contributed by atoms with Crippen LogP contribution in [-0.4, -0.2) is 22.6 Å². The molecular formula is C32H40N2O2. The lowest BCUT2D eigenvalue weighted by molar-refractivity contribution is 0.469. The molecule has 0 aliphatic carbocycles. The van der Waals surface area contributed by atoms with Gasteiger partial charge in [-0.1, -0.05) is 39.8 Å². The molecule has 3 aromatic rings. The molecule has 2 N–H and O–H groups in total. The summed E-state index contributed by atoms with van der Waals surface area (Å²) >= 11 is 0. The molecule has 0 unspecified atom stereocenters. The zero-order valence-corrected chi connectivity index (χ0v) is 22.5. The number of aliphatic imine (C=N–C) groups is 2. The predicted molar refractivity (Wildman–Crippen MR) is 153 cm³/mol. The maximum Gasteiger partial charge on any atom is 0.127 e. The van der Waals surface area contributed by atoms with Crippen LogP contribution in [0.1, 0.15) is 73.9 Å². The molecule has 0 heterocycles. The van der Waals surface area contributed by atoms with E-state index in [0.29, 0.717) is 11.8 Å². The molecule has 0 bridgehead atoms. The van der Waals surface area contributed by atoms with Gasteiger partial charge in [0.1, 0.15) is 11.5 Å². The Morgan fingerprint density at radius 3 is 1.33 bits per heavy atom. The van der Waals surface area contributed by atoms with Crippen LogP contribution in [0.4, 0.5) is 11.4 Å². The van der Waals surface area contributed by atoms with Gasteiger partial charge in [0.25, 0.3) is 0 Å². The fourth-order valence-corrected chi connectivity index (χ4v) is 4.08. The third-order valence-electron chi connectivity index (χ3n) is 6.36. The maximum absolute atomic E-state index is 10.5. The van der Waals surface area contributed by atoms with Gasteiger partial charge < -0.3 is 10.2 Å². The van der Waals surface area contributed by atoms with Gasteiger partial charge >= 0.3 is 0 Å². The van der Waals surface area contributed by atoms with Gasteiger partial charge in [0.15, 0.2) is 0 Å². The summed E-state index contributed by atoms with van der Waals surface area (Å²) in [5.74, 6) is 1.83. The highest BCUT2D eigenvalue weighted by molar-refractivity contribution is 5.87. The second kappa shape index (κ2) is 12.5. The normalized spacial score (nSPS) is 12.0. The minimum Gasteiger partial charge on any atom is -0.507 e. The monoisotopic (exact) mass is 484 g/mol. The van der Waals surface area contributed by atoms with Crippen LogP contribution in [0, 0.1) is 25.7 Å². The van der Waals surface area contributed by atoms with Crippen molar-refractivity contribution in [2.75, 3.05) is 0 Å². The third-order valence-corrected chi connectivity index (χ3v) is 6.36. The molecule has 0 atom stereocenters. The average molecular weight is 485 g/mol. The molecule has 0 aliphatic heterocycles. The number of aryl methyl sites for hydroxylation is 4. The minimum absolute atomic E-state index is 0.277. The second-order valence-corrected chi connectivity index (χ2v) is 10.6. The second-order valence-electron chi connectivity index (χ2n) is 10.6. The van der Waals surface area contributed by atoms with Gasteiger partial charge in [-0.15, -0.1) is 0 Å². The van der Waals surface area contributed by atoms with Gasteiger partial charge in [-0.25, -0.2) is 0 Å². The summed E-state index contributed by atoms with van der Waals surface area (Å²) in [6, 6.07) is 15.8. The van der Waals surface area contributed by atoms with E-state index in [1.54, 1.807) is 12.4 Å². The van der Waals surface area contributed by atoms with Gasteiger partial charge in [-0.3, -0.25) is 9.98 Å². The Morgan fingerprint density at radius 2 is 1.00 bits per heavy atom. The highest BCUT2D eigenvalue weighted by Crippen LogP contribution is 2.27. The van der Waals surface area contributed by atoms with Crippen molar-refractivity contribution in [2.24, 2.45) is 21.8 Å². The lowest BCUT2D eigenvalue weighted by Gasteiger charge is -2.10. The molecule has 0 spiro atoms. The summed E-state index contributed by atoms with van der Waals surface area (Å²) in [4.78, 5) is 9.14.